The van der Waals surface area contributed by atoms with E-state index in [2.05, 4.69) is 4.98 Å². The van der Waals surface area contributed by atoms with E-state index < -0.39 is 0 Å². The van der Waals surface area contributed by atoms with Crippen LogP contribution in [0.1, 0.15) is 28.5 Å². The number of amides is 1. The van der Waals surface area contributed by atoms with Gasteiger partial charge in [-0.05, 0) is 37.1 Å². The smallest absolute Gasteiger partial charge is 0.277 e. The first kappa shape index (κ1) is 12.4. The van der Waals surface area contributed by atoms with E-state index >= 15 is 0 Å². The molecule has 1 aromatic heterocycles. The van der Waals surface area contributed by atoms with E-state index in [1.165, 1.54) is 11.8 Å². The molecule has 2 heterocycles. The van der Waals surface area contributed by atoms with Crippen molar-refractivity contribution in [3.63, 3.8) is 0 Å². The average Bonchev–Trinajstić information content (AvgIpc) is 2.82. The molecule has 0 radical (unpaired) electrons. The lowest BCUT2D eigenvalue weighted by molar-refractivity contribution is 0.0976. The molecule has 4 heteroatoms. The maximum atomic E-state index is 12.6. The standard InChI is InChI=1S/C16H13N3O/c1-11-8-13-4-2-3-5-15(13)19(11)16(20)14-7-6-12(9-17)10-18-14/h2-7,10-11H,8H2,1H3. The Labute approximate surface area is 117 Å². The minimum atomic E-state index is -0.119. The molecule has 0 saturated heterocycles. The highest BCUT2D eigenvalue weighted by atomic mass is 16.2. The fourth-order valence-electron chi connectivity index (χ4n) is 2.58. The van der Waals surface area contributed by atoms with Crippen molar-refractivity contribution >= 4 is 11.6 Å². The molecule has 2 aromatic rings. The molecule has 1 aromatic carbocycles. The fourth-order valence-corrected chi connectivity index (χ4v) is 2.58. The molecule has 0 saturated carbocycles. The molecule has 1 atom stereocenters. The second-order valence-electron chi connectivity index (χ2n) is 4.90. The Balaban J connectivity index is 1.96. The third kappa shape index (κ3) is 1.94. The van der Waals surface area contributed by atoms with Gasteiger partial charge in [0.2, 0.25) is 0 Å². The van der Waals surface area contributed by atoms with Gasteiger partial charge >= 0.3 is 0 Å². The third-order valence-electron chi connectivity index (χ3n) is 3.54. The topological polar surface area (TPSA) is 57.0 Å². The number of para-hydroxylation sites is 1. The number of carbonyl (C=O) groups excluding carboxylic acids is 1. The minimum Gasteiger partial charge on any atom is -0.304 e. The molecular formula is C16H13N3O. The fraction of sp³-hybridized carbons (Fsp3) is 0.188. The number of hydrogen-bond donors (Lipinski definition) is 0. The lowest BCUT2D eigenvalue weighted by Crippen LogP contribution is -2.36. The van der Waals surface area contributed by atoms with Gasteiger partial charge in [0.05, 0.1) is 5.56 Å². The van der Waals surface area contributed by atoms with Gasteiger partial charge in [0.1, 0.15) is 11.8 Å². The molecule has 0 fully saturated rings. The number of carbonyl (C=O) groups is 1. The van der Waals surface area contributed by atoms with Gasteiger partial charge in [-0.1, -0.05) is 18.2 Å². The minimum absolute atomic E-state index is 0.119. The lowest BCUT2D eigenvalue weighted by atomic mass is 10.1. The van der Waals surface area contributed by atoms with Gasteiger partial charge in [-0.2, -0.15) is 5.26 Å². The van der Waals surface area contributed by atoms with Crippen LogP contribution in [0.4, 0.5) is 5.69 Å². The van der Waals surface area contributed by atoms with Crippen molar-refractivity contribution in [2.24, 2.45) is 0 Å². The van der Waals surface area contributed by atoms with Crippen molar-refractivity contribution in [2.75, 3.05) is 4.90 Å². The van der Waals surface area contributed by atoms with E-state index in [0.717, 1.165) is 12.1 Å². The molecule has 98 valence electrons. The molecule has 0 bridgehead atoms. The van der Waals surface area contributed by atoms with Crippen LogP contribution in [0.25, 0.3) is 0 Å². The summed E-state index contributed by atoms with van der Waals surface area (Å²) in [6.07, 6.45) is 2.29. The Morgan fingerprint density at radius 1 is 1.35 bits per heavy atom. The summed E-state index contributed by atoms with van der Waals surface area (Å²) in [5.74, 6) is -0.119. The summed E-state index contributed by atoms with van der Waals surface area (Å²) in [7, 11) is 0. The summed E-state index contributed by atoms with van der Waals surface area (Å²) in [5, 5.41) is 8.77. The Kier molecular flexibility index (Phi) is 2.96. The number of rotatable bonds is 1. The maximum Gasteiger partial charge on any atom is 0.277 e. The summed E-state index contributed by atoms with van der Waals surface area (Å²) in [5.41, 5.74) is 2.96. The van der Waals surface area contributed by atoms with Gasteiger partial charge in [-0.15, -0.1) is 0 Å². The predicted octanol–water partition coefficient (Wildman–Crippen LogP) is 2.54. The summed E-state index contributed by atoms with van der Waals surface area (Å²) in [4.78, 5) is 18.5. The molecule has 0 aliphatic carbocycles. The molecule has 1 unspecified atom stereocenters. The molecule has 0 spiro atoms. The van der Waals surface area contributed by atoms with Gasteiger partial charge < -0.3 is 4.90 Å². The number of nitrogens with zero attached hydrogens (tertiary/aromatic N) is 3. The van der Waals surface area contributed by atoms with Crippen molar-refractivity contribution in [1.29, 1.82) is 5.26 Å². The monoisotopic (exact) mass is 263 g/mol. The number of pyridine rings is 1. The molecule has 1 aliphatic heterocycles. The number of anilines is 1. The molecule has 1 aliphatic rings. The largest absolute Gasteiger partial charge is 0.304 e. The van der Waals surface area contributed by atoms with E-state index in [-0.39, 0.29) is 11.9 Å². The Morgan fingerprint density at radius 2 is 2.15 bits per heavy atom. The molecule has 20 heavy (non-hydrogen) atoms. The van der Waals surface area contributed by atoms with E-state index in [0.29, 0.717) is 11.3 Å². The van der Waals surface area contributed by atoms with Crippen molar-refractivity contribution in [3.8, 4) is 6.07 Å². The molecular weight excluding hydrogens is 250 g/mol. The van der Waals surface area contributed by atoms with Gasteiger partial charge in [-0.3, -0.25) is 4.79 Å². The van der Waals surface area contributed by atoms with Gasteiger partial charge in [-0.25, -0.2) is 4.98 Å². The van der Waals surface area contributed by atoms with Crippen LogP contribution in [0.2, 0.25) is 0 Å². The lowest BCUT2D eigenvalue weighted by Gasteiger charge is -2.22. The first-order valence-corrected chi connectivity index (χ1v) is 6.48. The Morgan fingerprint density at radius 3 is 2.85 bits per heavy atom. The summed E-state index contributed by atoms with van der Waals surface area (Å²) in [6.45, 7) is 2.03. The van der Waals surface area contributed by atoms with Crippen LogP contribution in [-0.4, -0.2) is 16.9 Å². The van der Waals surface area contributed by atoms with E-state index in [1.807, 2.05) is 37.3 Å². The molecule has 4 nitrogen and oxygen atoms in total. The predicted molar refractivity (Wildman–Crippen MR) is 75.4 cm³/mol. The molecule has 0 N–H and O–H groups in total. The molecule has 3 rings (SSSR count). The number of fused-ring (bicyclic) bond motifs is 1. The van der Waals surface area contributed by atoms with Crippen LogP contribution in [-0.2, 0) is 6.42 Å². The zero-order valence-corrected chi connectivity index (χ0v) is 11.1. The zero-order valence-electron chi connectivity index (χ0n) is 11.1. The number of aromatic nitrogens is 1. The first-order chi connectivity index (χ1) is 9.70. The van der Waals surface area contributed by atoms with Crippen molar-refractivity contribution in [2.45, 2.75) is 19.4 Å². The number of nitriles is 1. The summed E-state index contributed by atoms with van der Waals surface area (Å²) < 4.78 is 0. The second kappa shape index (κ2) is 4.78. The highest BCUT2D eigenvalue weighted by molar-refractivity contribution is 6.06. The van der Waals surface area contributed by atoms with E-state index in [1.54, 1.807) is 17.0 Å². The normalized spacial score (nSPS) is 16.6. The first-order valence-electron chi connectivity index (χ1n) is 6.48. The number of benzene rings is 1. The SMILES string of the molecule is CC1Cc2ccccc2N1C(=O)c1ccc(C#N)cn1. The average molecular weight is 263 g/mol. The highest BCUT2D eigenvalue weighted by Crippen LogP contribution is 2.32. The van der Waals surface area contributed by atoms with Crippen molar-refractivity contribution < 1.29 is 4.79 Å². The Hall–Kier alpha value is -2.67. The summed E-state index contributed by atoms with van der Waals surface area (Å²) in [6, 6.07) is 13.3. The van der Waals surface area contributed by atoms with Gasteiger partial charge in [0.15, 0.2) is 0 Å². The van der Waals surface area contributed by atoms with Crippen LogP contribution < -0.4 is 4.90 Å². The second-order valence-corrected chi connectivity index (χ2v) is 4.90. The third-order valence-corrected chi connectivity index (χ3v) is 3.54. The van der Waals surface area contributed by atoms with Crippen molar-refractivity contribution in [1.82, 2.24) is 4.98 Å². The van der Waals surface area contributed by atoms with E-state index in [4.69, 9.17) is 5.26 Å². The zero-order chi connectivity index (χ0) is 14.1. The highest BCUT2D eigenvalue weighted by Gasteiger charge is 2.31. The maximum absolute atomic E-state index is 12.6. The van der Waals surface area contributed by atoms with E-state index in [9.17, 15) is 4.79 Å². The van der Waals surface area contributed by atoms with Crippen LogP contribution in [0.3, 0.4) is 0 Å². The molecule has 1 amide bonds. The Bertz CT molecular complexity index is 700. The van der Waals surface area contributed by atoms with Crippen LogP contribution in [0.15, 0.2) is 42.6 Å². The van der Waals surface area contributed by atoms with Crippen LogP contribution in [0, 0.1) is 11.3 Å². The number of hydrogen-bond acceptors (Lipinski definition) is 3. The summed E-state index contributed by atoms with van der Waals surface area (Å²) >= 11 is 0. The quantitative estimate of drug-likeness (QED) is 0.794. The van der Waals surface area contributed by atoms with Gasteiger partial charge in [0.25, 0.3) is 5.91 Å². The van der Waals surface area contributed by atoms with Crippen molar-refractivity contribution in [3.05, 3.63) is 59.4 Å². The van der Waals surface area contributed by atoms with Crippen LogP contribution in [0.5, 0.6) is 0 Å². The van der Waals surface area contributed by atoms with Crippen LogP contribution >= 0.6 is 0 Å². The van der Waals surface area contributed by atoms with Gasteiger partial charge in [0, 0.05) is 17.9 Å².